The zero-order chi connectivity index (χ0) is 22.2. The highest BCUT2D eigenvalue weighted by atomic mass is 35.5. The maximum Gasteiger partial charge on any atom is 0.156 e. The van der Waals surface area contributed by atoms with Crippen LogP contribution in [-0.2, 0) is 13.0 Å². The number of hydrazone groups is 1. The van der Waals surface area contributed by atoms with Crippen LogP contribution in [0.25, 0.3) is 11.1 Å². The van der Waals surface area contributed by atoms with Crippen molar-refractivity contribution in [3.05, 3.63) is 76.3 Å². The van der Waals surface area contributed by atoms with Crippen LogP contribution < -0.4 is 17.1 Å². The van der Waals surface area contributed by atoms with Crippen molar-refractivity contribution >= 4 is 23.7 Å². The van der Waals surface area contributed by atoms with Crippen LogP contribution in [0.1, 0.15) is 42.4 Å². The van der Waals surface area contributed by atoms with Gasteiger partial charge in [0.15, 0.2) is 11.0 Å². The molecule has 0 aliphatic rings. The molecule has 0 saturated heterocycles. The number of nitrogens with two attached hydrogens (primary N) is 2. The van der Waals surface area contributed by atoms with Gasteiger partial charge in [0.25, 0.3) is 0 Å². The molecule has 0 amide bonds. The van der Waals surface area contributed by atoms with E-state index < -0.39 is 0 Å². The number of oxime groups is 1. The van der Waals surface area contributed by atoms with Crippen LogP contribution in [0.3, 0.4) is 0 Å². The highest BCUT2D eigenvalue weighted by Gasteiger charge is 2.15. The molecule has 0 aliphatic carbocycles. The molecule has 2 aromatic carbocycles. The summed E-state index contributed by atoms with van der Waals surface area (Å²) in [7, 11) is 0. The smallest absolute Gasteiger partial charge is 0.156 e. The SMILES string of the molecule is CCCCc1nc(Cl)c(/C=N\O)n1Cc1ccc(-c2ccccc2/C(N)=N/NN)cc1. The lowest BCUT2D eigenvalue weighted by molar-refractivity contribution is 0.321. The Labute approximate surface area is 186 Å². The Balaban J connectivity index is 1.92. The summed E-state index contributed by atoms with van der Waals surface area (Å²) in [4.78, 5) is 4.46. The van der Waals surface area contributed by atoms with Gasteiger partial charge in [-0.1, -0.05) is 78.6 Å². The molecule has 0 aliphatic heterocycles. The number of aryl methyl sites for hydroxylation is 1. The van der Waals surface area contributed by atoms with Gasteiger partial charge in [0, 0.05) is 18.5 Å². The van der Waals surface area contributed by atoms with E-state index >= 15 is 0 Å². The van der Waals surface area contributed by atoms with Crippen LogP contribution in [-0.4, -0.2) is 26.8 Å². The van der Waals surface area contributed by atoms with E-state index in [1.54, 1.807) is 0 Å². The first-order valence-corrected chi connectivity index (χ1v) is 10.4. The Kier molecular flexibility index (Phi) is 7.64. The summed E-state index contributed by atoms with van der Waals surface area (Å²) in [6, 6.07) is 15.9. The summed E-state index contributed by atoms with van der Waals surface area (Å²) in [5.41, 5.74) is 12.7. The van der Waals surface area contributed by atoms with E-state index in [1.165, 1.54) is 6.21 Å². The average Bonchev–Trinajstić information content (AvgIpc) is 3.07. The predicted octanol–water partition coefficient (Wildman–Crippen LogP) is 3.49. The molecule has 3 aromatic rings. The molecule has 0 bridgehead atoms. The number of hydrogen-bond acceptors (Lipinski definition) is 6. The fourth-order valence-electron chi connectivity index (χ4n) is 3.42. The van der Waals surface area contributed by atoms with Crippen LogP contribution in [0, 0.1) is 0 Å². The van der Waals surface area contributed by atoms with Crippen molar-refractivity contribution < 1.29 is 5.21 Å². The summed E-state index contributed by atoms with van der Waals surface area (Å²) < 4.78 is 1.98. The van der Waals surface area contributed by atoms with Gasteiger partial charge in [-0.15, -0.1) is 5.10 Å². The van der Waals surface area contributed by atoms with Crippen LogP contribution >= 0.6 is 11.6 Å². The first kappa shape index (κ1) is 22.3. The van der Waals surface area contributed by atoms with E-state index in [0.29, 0.717) is 23.2 Å². The molecule has 1 aromatic heterocycles. The summed E-state index contributed by atoms with van der Waals surface area (Å²) >= 11 is 6.28. The topological polar surface area (TPSA) is 127 Å². The van der Waals surface area contributed by atoms with E-state index in [0.717, 1.165) is 47.3 Å². The third-order valence-corrected chi connectivity index (χ3v) is 5.25. The standard InChI is InChI=1S/C22H26ClN7O/c1-2-3-8-20-27-21(23)19(13-26-31)30(20)14-15-9-11-16(12-10-15)17-6-4-5-7-18(17)22(24)28-29-25/h4-7,9-13,29,31H,2-3,8,14,25H2,1H3,(H2,24,28)/b26-13-. The Morgan fingerprint density at radius 3 is 2.65 bits per heavy atom. The third-order valence-electron chi connectivity index (χ3n) is 4.97. The summed E-state index contributed by atoms with van der Waals surface area (Å²) in [6.45, 7) is 2.69. The monoisotopic (exact) mass is 439 g/mol. The van der Waals surface area contributed by atoms with Crippen molar-refractivity contribution in [2.24, 2.45) is 21.8 Å². The van der Waals surface area contributed by atoms with Gasteiger partial charge in [-0.25, -0.2) is 16.4 Å². The molecule has 0 spiro atoms. The second kappa shape index (κ2) is 10.6. The number of halogens is 1. The number of aromatic nitrogens is 2. The highest BCUT2D eigenvalue weighted by Crippen LogP contribution is 2.25. The quantitative estimate of drug-likeness (QED) is 0.133. The minimum absolute atomic E-state index is 0.309. The minimum atomic E-state index is 0.309. The maximum absolute atomic E-state index is 9.03. The lowest BCUT2D eigenvalue weighted by Crippen LogP contribution is -2.23. The largest absolute Gasteiger partial charge is 0.411 e. The van der Waals surface area contributed by atoms with Gasteiger partial charge in [0.2, 0.25) is 0 Å². The van der Waals surface area contributed by atoms with Crippen molar-refractivity contribution in [2.75, 3.05) is 0 Å². The van der Waals surface area contributed by atoms with Gasteiger partial charge in [0.05, 0.1) is 6.21 Å². The summed E-state index contributed by atoms with van der Waals surface area (Å²) in [5, 5.41) is 16.4. The minimum Gasteiger partial charge on any atom is -0.411 e. The van der Waals surface area contributed by atoms with Crippen molar-refractivity contribution in [3.8, 4) is 11.1 Å². The molecule has 9 heteroatoms. The number of imidazole rings is 1. The van der Waals surface area contributed by atoms with Crippen molar-refractivity contribution in [3.63, 3.8) is 0 Å². The number of nitrogens with one attached hydrogen (secondary N) is 1. The number of amidine groups is 1. The summed E-state index contributed by atoms with van der Waals surface area (Å²) in [6.07, 6.45) is 4.17. The van der Waals surface area contributed by atoms with E-state index in [4.69, 9.17) is 28.4 Å². The fraction of sp³-hybridized carbons (Fsp3) is 0.227. The lowest BCUT2D eigenvalue weighted by Gasteiger charge is -2.12. The van der Waals surface area contributed by atoms with Crippen LogP contribution in [0.2, 0.25) is 5.15 Å². The molecule has 3 rings (SSSR count). The molecular formula is C22H26ClN7O. The van der Waals surface area contributed by atoms with E-state index in [9.17, 15) is 0 Å². The lowest BCUT2D eigenvalue weighted by atomic mass is 9.98. The molecular weight excluding hydrogens is 414 g/mol. The second-order valence-electron chi connectivity index (χ2n) is 7.01. The predicted molar refractivity (Wildman–Crippen MR) is 124 cm³/mol. The number of unbranched alkanes of at least 4 members (excludes halogenated alkanes) is 1. The van der Waals surface area contributed by atoms with Gasteiger partial charge in [-0.2, -0.15) is 0 Å². The van der Waals surface area contributed by atoms with Gasteiger partial charge >= 0.3 is 0 Å². The number of rotatable bonds is 9. The molecule has 0 unspecified atom stereocenters. The fourth-order valence-corrected chi connectivity index (χ4v) is 3.67. The third kappa shape index (κ3) is 5.22. The zero-order valence-corrected chi connectivity index (χ0v) is 18.0. The maximum atomic E-state index is 9.03. The van der Waals surface area contributed by atoms with Gasteiger partial charge in [-0.05, 0) is 23.1 Å². The number of nitrogens with zero attached hydrogens (tertiary/aromatic N) is 4. The molecule has 0 saturated carbocycles. The molecule has 0 radical (unpaired) electrons. The second-order valence-corrected chi connectivity index (χ2v) is 7.37. The Morgan fingerprint density at radius 1 is 1.23 bits per heavy atom. The van der Waals surface area contributed by atoms with Crippen LogP contribution in [0.15, 0.2) is 58.8 Å². The molecule has 162 valence electrons. The Bertz CT molecular complexity index is 1070. The molecule has 8 nitrogen and oxygen atoms in total. The molecule has 0 atom stereocenters. The number of hydrogen-bond donors (Lipinski definition) is 4. The number of benzene rings is 2. The Morgan fingerprint density at radius 2 is 1.97 bits per heavy atom. The van der Waals surface area contributed by atoms with Crippen molar-refractivity contribution in [2.45, 2.75) is 32.7 Å². The molecule has 0 fully saturated rings. The van der Waals surface area contributed by atoms with Gasteiger partial charge < -0.3 is 15.5 Å². The number of hydrazine groups is 1. The van der Waals surface area contributed by atoms with E-state index in [1.807, 2.05) is 53.1 Å². The molecule has 31 heavy (non-hydrogen) atoms. The first-order chi connectivity index (χ1) is 15.1. The molecule has 1 heterocycles. The normalized spacial score (nSPS) is 11.9. The average molecular weight is 440 g/mol. The van der Waals surface area contributed by atoms with Gasteiger partial charge in [-0.3, -0.25) is 0 Å². The van der Waals surface area contributed by atoms with E-state index in [2.05, 4.69) is 27.7 Å². The van der Waals surface area contributed by atoms with Crippen molar-refractivity contribution in [1.82, 2.24) is 15.1 Å². The Hall–Kier alpha value is -3.36. The highest BCUT2D eigenvalue weighted by molar-refractivity contribution is 6.31. The zero-order valence-electron chi connectivity index (χ0n) is 17.3. The van der Waals surface area contributed by atoms with Crippen LogP contribution in [0.4, 0.5) is 0 Å². The van der Waals surface area contributed by atoms with Gasteiger partial charge in [0.1, 0.15) is 11.5 Å². The van der Waals surface area contributed by atoms with E-state index in [-0.39, 0.29) is 0 Å². The molecule has 6 N–H and O–H groups in total. The van der Waals surface area contributed by atoms with Crippen molar-refractivity contribution in [1.29, 1.82) is 0 Å². The first-order valence-electron chi connectivity index (χ1n) is 9.98. The van der Waals surface area contributed by atoms with Crippen LogP contribution in [0.5, 0.6) is 0 Å². The summed E-state index contributed by atoms with van der Waals surface area (Å²) in [5.74, 6) is 6.45.